The second kappa shape index (κ2) is 5.86. The van der Waals surface area contributed by atoms with Crippen LogP contribution in [0.15, 0.2) is 0 Å². The molecule has 0 spiro atoms. The first kappa shape index (κ1) is 11.4. The third-order valence-electron chi connectivity index (χ3n) is 4.03. The topological polar surface area (TPSA) is 21.3 Å². The summed E-state index contributed by atoms with van der Waals surface area (Å²) in [6.45, 7) is 5.58. The number of nitrogens with one attached hydrogen (secondary N) is 1. The highest BCUT2D eigenvalue weighted by Gasteiger charge is 2.19. The van der Waals surface area contributed by atoms with E-state index in [9.17, 15) is 0 Å². The summed E-state index contributed by atoms with van der Waals surface area (Å²) in [6, 6.07) is 0.809. The van der Waals surface area contributed by atoms with Crippen molar-refractivity contribution >= 4 is 0 Å². The molecule has 1 heterocycles. The average Bonchev–Trinajstić information content (AvgIpc) is 2.74. The summed E-state index contributed by atoms with van der Waals surface area (Å²) in [5.41, 5.74) is 0. The fourth-order valence-corrected chi connectivity index (χ4v) is 2.77. The molecule has 2 aliphatic rings. The Morgan fingerprint density at radius 3 is 2.60 bits per heavy atom. The Balaban J connectivity index is 1.53. The SMILES string of the molecule is CC1CCC(NCCC2CCOC2)CC1. The van der Waals surface area contributed by atoms with E-state index < -0.39 is 0 Å². The first-order chi connectivity index (χ1) is 7.34. The fourth-order valence-electron chi connectivity index (χ4n) is 2.77. The fraction of sp³-hybridized carbons (Fsp3) is 1.00. The maximum absolute atomic E-state index is 5.39. The first-order valence-corrected chi connectivity index (χ1v) is 6.65. The van der Waals surface area contributed by atoms with Gasteiger partial charge in [-0.15, -0.1) is 0 Å². The number of hydrogen-bond donors (Lipinski definition) is 1. The van der Waals surface area contributed by atoms with Gasteiger partial charge in [0.25, 0.3) is 0 Å². The van der Waals surface area contributed by atoms with E-state index in [2.05, 4.69) is 12.2 Å². The summed E-state index contributed by atoms with van der Waals surface area (Å²) in [6.07, 6.45) is 8.22. The van der Waals surface area contributed by atoms with Gasteiger partial charge in [0.1, 0.15) is 0 Å². The molecule has 0 aromatic carbocycles. The minimum absolute atomic E-state index is 0.809. The van der Waals surface area contributed by atoms with Crippen LogP contribution in [0.3, 0.4) is 0 Å². The molecule has 0 aromatic heterocycles. The van der Waals surface area contributed by atoms with E-state index in [-0.39, 0.29) is 0 Å². The normalized spacial score (nSPS) is 37.0. The molecule has 15 heavy (non-hydrogen) atoms. The molecule has 0 radical (unpaired) electrons. The van der Waals surface area contributed by atoms with Crippen molar-refractivity contribution in [1.29, 1.82) is 0 Å². The molecule has 0 aromatic rings. The van der Waals surface area contributed by atoms with Gasteiger partial charge >= 0.3 is 0 Å². The van der Waals surface area contributed by atoms with Crippen LogP contribution in [0.2, 0.25) is 0 Å². The van der Waals surface area contributed by atoms with E-state index >= 15 is 0 Å². The molecule has 2 nitrogen and oxygen atoms in total. The van der Waals surface area contributed by atoms with Gasteiger partial charge in [0.15, 0.2) is 0 Å². The number of ether oxygens (including phenoxy) is 1. The van der Waals surface area contributed by atoms with Gasteiger partial charge in [-0.05, 0) is 56.9 Å². The zero-order chi connectivity index (χ0) is 10.5. The molecule has 1 N–H and O–H groups in total. The van der Waals surface area contributed by atoms with Crippen molar-refractivity contribution in [3.8, 4) is 0 Å². The average molecular weight is 211 g/mol. The molecule has 2 rings (SSSR count). The lowest BCUT2D eigenvalue weighted by atomic mass is 9.87. The van der Waals surface area contributed by atoms with Crippen LogP contribution in [0, 0.1) is 11.8 Å². The van der Waals surface area contributed by atoms with Gasteiger partial charge in [-0.3, -0.25) is 0 Å². The smallest absolute Gasteiger partial charge is 0.0495 e. The van der Waals surface area contributed by atoms with Crippen LogP contribution in [0.4, 0.5) is 0 Å². The Hall–Kier alpha value is -0.0800. The molecule has 1 saturated heterocycles. The molecule has 1 saturated carbocycles. The van der Waals surface area contributed by atoms with Gasteiger partial charge in [0, 0.05) is 19.3 Å². The summed E-state index contributed by atoms with van der Waals surface area (Å²) < 4.78 is 5.39. The zero-order valence-electron chi connectivity index (χ0n) is 10.0. The second-order valence-electron chi connectivity index (χ2n) is 5.43. The molecule has 1 atom stereocenters. The lowest BCUT2D eigenvalue weighted by Crippen LogP contribution is -2.34. The van der Waals surface area contributed by atoms with Gasteiger partial charge in [-0.2, -0.15) is 0 Å². The Morgan fingerprint density at radius 1 is 1.13 bits per heavy atom. The van der Waals surface area contributed by atoms with Gasteiger partial charge < -0.3 is 10.1 Å². The Morgan fingerprint density at radius 2 is 1.93 bits per heavy atom. The van der Waals surface area contributed by atoms with E-state index in [1.807, 2.05) is 0 Å². The highest BCUT2D eigenvalue weighted by molar-refractivity contribution is 4.76. The van der Waals surface area contributed by atoms with Crippen LogP contribution in [0.25, 0.3) is 0 Å². The lowest BCUT2D eigenvalue weighted by molar-refractivity contribution is 0.183. The third-order valence-corrected chi connectivity index (χ3v) is 4.03. The monoisotopic (exact) mass is 211 g/mol. The standard InChI is InChI=1S/C13H25NO/c1-11-2-4-13(5-3-11)14-8-6-12-7-9-15-10-12/h11-14H,2-10H2,1H3. The molecule has 2 fully saturated rings. The molecule has 1 unspecified atom stereocenters. The van der Waals surface area contributed by atoms with Crippen molar-refractivity contribution in [3.05, 3.63) is 0 Å². The summed E-state index contributed by atoms with van der Waals surface area (Å²) in [5, 5.41) is 3.71. The number of hydrogen-bond acceptors (Lipinski definition) is 2. The lowest BCUT2D eigenvalue weighted by Gasteiger charge is -2.27. The minimum atomic E-state index is 0.809. The largest absolute Gasteiger partial charge is 0.381 e. The van der Waals surface area contributed by atoms with Crippen molar-refractivity contribution in [3.63, 3.8) is 0 Å². The van der Waals surface area contributed by atoms with E-state index in [1.165, 1.54) is 45.1 Å². The maximum Gasteiger partial charge on any atom is 0.0495 e. The predicted molar refractivity (Wildman–Crippen MR) is 63.0 cm³/mol. The molecule has 1 aliphatic heterocycles. The van der Waals surface area contributed by atoms with E-state index in [1.54, 1.807) is 0 Å². The van der Waals surface area contributed by atoms with E-state index in [0.29, 0.717) is 0 Å². The van der Waals surface area contributed by atoms with E-state index in [0.717, 1.165) is 31.1 Å². The number of rotatable bonds is 4. The summed E-state index contributed by atoms with van der Waals surface area (Å²) in [5.74, 6) is 1.80. The summed E-state index contributed by atoms with van der Waals surface area (Å²) >= 11 is 0. The van der Waals surface area contributed by atoms with Crippen LogP contribution in [-0.4, -0.2) is 25.8 Å². The van der Waals surface area contributed by atoms with Crippen molar-refractivity contribution in [1.82, 2.24) is 5.32 Å². The molecular weight excluding hydrogens is 186 g/mol. The summed E-state index contributed by atoms with van der Waals surface area (Å²) in [7, 11) is 0. The van der Waals surface area contributed by atoms with Crippen molar-refractivity contribution in [2.24, 2.45) is 11.8 Å². The second-order valence-corrected chi connectivity index (χ2v) is 5.43. The van der Waals surface area contributed by atoms with Crippen LogP contribution in [-0.2, 0) is 4.74 Å². The molecule has 88 valence electrons. The van der Waals surface area contributed by atoms with Crippen molar-refractivity contribution < 1.29 is 4.74 Å². The highest BCUT2D eigenvalue weighted by atomic mass is 16.5. The third kappa shape index (κ3) is 3.76. The quantitative estimate of drug-likeness (QED) is 0.771. The van der Waals surface area contributed by atoms with Crippen LogP contribution < -0.4 is 5.32 Å². The van der Waals surface area contributed by atoms with Gasteiger partial charge in [-0.1, -0.05) is 6.92 Å². The first-order valence-electron chi connectivity index (χ1n) is 6.65. The molecule has 2 heteroatoms. The van der Waals surface area contributed by atoms with Crippen molar-refractivity contribution in [2.75, 3.05) is 19.8 Å². The van der Waals surface area contributed by atoms with Crippen LogP contribution in [0.5, 0.6) is 0 Å². The Kier molecular flexibility index (Phi) is 4.45. The maximum atomic E-state index is 5.39. The van der Waals surface area contributed by atoms with Crippen LogP contribution >= 0.6 is 0 Å². The Bertz CT molecular complexity index is 169. The van der Waals surface area contributed by atoms with E-state index in [4.69, 9.17) is 4.74 Å². The predicted octanol–water partition coefficient (Wildman–Crippen LogP) is 2.58. The summed E-state index contributed by atoms with van der Waals surface area (Å²) in [4.78, 5) is 0. The Labute approximate surface area is 93.8 Å². The molecule has 1 aliphatic carbocycles. The zero-order valence-corrected chi connectivity index (χ0v) is 10.0. The van der Waals surface area contributed by atoms with Gasteiger partial charge in [-0.25, -0.2) is 0 Å². The van der Waals surface area contributed by atoms with Crippen LogP contribution in [0.1, 0.15) is 45.4 Å². The molecular formula is C13H25NO. The molecule has 0 amide bonds. The highest BCUT2D eigenvalue weighted by Crippen LogP contribution is 2.23. The molecule has 0 bridgehead atoms. The van der Waals surface area contributed by atoms with Crippen molar-refractivity contribution in [2.45, 2.75) is 51.5 Å². The minimum Gasteiger partial charge on any atom is -0.381 e. The van der Waals surface area contributed by atoms with Gasteiger partial charge in [0.2, 0.25) is 0 Å². The van der Waals surface area contributed by atoms with Gasteiger partial charge in [0.05, 0.1) is 0 Å².